The molecule has 0 saturated carbocycles. The molecule has 1 fully saturated rings. The van der Waals surface area contributed by atoms with Gasteiger partial charge in [0.05, 0.1) is 0 Å². The Bertz CT molecular complexity index is 315. The number of aliphatic carboxylic acids is 1. The second kappa shape index (κ2) is 4.94. The van der Waals surface area contributed by atoms with Crippen molar-refractivity contribution < 1.29 is 14.7 Å². The second-order valence-corrected chi connectivity index (χ2v) is 5.10. The lowest BCUT2D eigenvalue weighted by Crippen LogP contribution is -2.55. The lowest BCUT2D eigenvalue weighted by molar-refractivity contribution is -0.147. The summed E-state index contributed by atoms with van der Waals surface area (Å²) in [4.78, 5) is 26.5. The van der Waals surface area contributed by atoms with Gasteiger partial charge in [-0.2, -0.15) is 0 Å². The van der Waals surface area contributed by atoms with E-state index in [-0.39, 0.29) is 12.1 Å². The highest BCUT2D eigenvalue weighted by atomic mass is 16.4. The normalized spacial score (nSPS) is 20.5. The standard InChI is InChI=1S/C12H22N2O3/c1-5-9-7-6-8-14(9)11(17)13(4)12(2,3)10(15)16/h9H,5-8H2,1-4H3,(H,15,16). The topological polar surface area (TPSA) is 60.9 Å². The highest BCUT2D eigenvalue weighted by Crippen LogP contribution is 2.23. The molecule has 1 aliphatic rings. The van der Waals surface area contributed by atoms with Crippen LogP contribution in [0.25, 0.3) is 0 Å². The minimum Gasteiger partial charge on any atom is -0.480 e. The molecule has 98 valence electrons. The number of carboxylic acids is 1. The third-order valence-electron chi connectivity index (χ3n) is 3.74. The lowest BCUT2D eigenvalue weighted by Gasteiger charge is -2.36. The van der Waals surface area contributed by atoms with Crippen molar-refractivity contribution in [2.24, 2.45) is 0 Å². The molecule has 0 aromatic carbocycles. The third kappa shape index (κ3) is 2.53. The van der Waals surface area contributed by atoms with Crippen molar-refractivity contribution in [1.82, 2.24) is 9.80 Å². The van der Waals surface area contributed by atoms with E-state index < -0.39 is 11.5 Å². The van der Waals surface area contributed by atoms with Crippen molar-refractivity contribution in [3.63, 3.8) is 0 Å². The van der Waals surface area contributed by atoms with Gasteiger partial charge in [-0.05, 0) is 33.1 Å². The number of likely N-dealkylation sites (tertiary alicyclic amines) is 1. The molecule has 0 spiro atoms. The van der Waals surface area contributed by atoms with E-state index in [4.69, 9.17) is 5.11 Å². The monoisotopic (exact) mass is 242 g/mol. The van der Waals surface area contributed by atoms with Crippen LogP contribution in [0.3, 0.4) is 0 Å². The van der Waals surface area contributed by atoms with Crippen LogP contribution in [-0.4, -0.2) is 52.1 Å². The van der Waals surface area contributed by atoms with Crippen LogP contribution in [0, 0.1) is 0 Å². The summed E-state index contributed by atoms with van der Waals surface area (Å²) in [6.45, 7) is 5.88. The van der Waals surface area contributed by atoms with Crippen molar-refractivity contribution >= 4 is 12.0 Å². The van der Waals surface area contributed by atoms with Crippen LogP contribution in [0.5, 0.6) is 0 Å². The Morgan fingerprint density at radius 3 is 2.53 bits per heavy atom. The molecule has 1 N–H and O–H groups in total. The van der Waals surface area contributed by atoms with Crippen LogP contribution in [0.2, 0.25) is 0 Å². The Balaban J connectivity index is 2.79. The van der Waals surface area contributed by atoms with Gasteiger partial charge in [-0.25, -0.2) is 9.59 Å². The summed E-state index contributed by atoms with van der Waals surface area (Å²) in [5, 5.41) is 9.11. The molecular formula is C12H22N2O3. The minimum atomic E-state index is -1.17. The Morgan fingerprint density at radius 1 is 1.47 bits per heavy atom. The molecule has 1 unspecified atom stereocenters. The first kappa shape index (κ1) is 13.8. The summed E-state index contributed by atoms with van der Waals surface area (Å²) in [5.74, 6) is -0.986. The number of hydrogen-bond acceptors (Lipinski definition) is 2. The fourth-order valence-corrected chi connectivity index (χ4v) is 2.09. The molecule has 0 aliphatic carbocycles. The highest BCUT2D eigenvalue weighted by Gasteiger charge is 2.39. The summed E-state index contributed by atoms with van der Waals surface area (Å²) in [5.41, 5.74) is -1.17. The molecule has 0 radical (unpaired) electrons. The number of rotatable bonds is 3. The Hall–Kier alpha value is -1.26. The number of hydrogen-bond donors (Lipinski definition) is 1. The maximum absolute atomic E-state index is 12.3. The highest BCUT2D eigenvalue weighted by molar-refractivity contribution is 5.85. The lowest BCUT2D eigenvalue weighted by atomic mass is 10.0. The molecule has 1 saturated heterocycles. The Morgan fingerprint density at radius 2 is 2.06 bits per heavy atom. The summed E-state index contributed by atoms with van der Waals surface area (Å²) in [6, 6.07) is 0.0799. The number of likely N-dealkylation sites (N-methyl/N-ethyl adjacent to an activating group) is 1. The average Bonchev–Trinajstić information content (AvgIpc) is 2.74. The first-order valence-corrected chi connectivity index (χ1v) is 6.10. The molecule has 2 amide bonds. The zero-order valence-electron chi connectivity index (χ0n) is 11.1. The van der Waals surface area contributed by atoms with Crippen LogP contribution >= 0.6 is 0 Å². The van der Waals surface area contributed by atoms with E-state index in [1.807, 2.05) is 0 Å². The SMILES string of the molecule is CCC1CCCN1C(=O)N(C)C(C)(C)C(=O)O. The maximum Gasteiger partial charge on any atom is 0.329 e. The zero-order valence-corrected chi connectivity index (χ0v) is 11.1. The van der Waals surface area contributed by atoms with E-state index in [1.54, 1.807) is 25.8 Å². The van der Waals surface area contributed by atoms with E-state index in [2.05, 4.69) is 6.92 Å². The van der Waals surface area contributed by atoms with Gasteiger partial charge in [-0.15, -0.1) is 0 Å². The van der Waals surface area contributed by atoms with E-state index in [1.165, 1.54) is 4.90 Å². The second-order valence-electron chi connectivity index (χ2n) is 5.10. The van der Waals surface area contributed by atoms with Gasteiger partial charge < -0.3 is 14.9 Å². The van der Waals surface area contributed by atoms with E-state index >= 15 is 0 Å². The smallest absolute Gasteiger partial charge is 0.329 e. The Labute approximate surface area is 102 Å². The van der Waals surface area contributed by atoms with E-state index in [0.29, 0.717) is 0 Å². The molecule has 0 aromatic heterocycles. The number of nitrogens with zero attached hydrogens (tertiary/aromatic N) is 2. The van der Waals surface area contributed by atoms with Gasteiger partial charge in [-0.1, -0.05) is 6.92 Å². The Kier molecular flexibility index (Phi) is 4.01. The number of carbonyl (C=O) groups is 2. The molecule has 1 aliphatic heterocycles. The number of carboxylic acid groups (broad SMARTS) is 1. The van der Waals surface area contributed by atoms with Crippen LogP contribution in [0.4, 0.5) is 4.79 Å². The predicted molar refractivity (Wildman–Crippen MR) is 64.9 cm³/mol. The molecular weight excluding hydrogens is 220 g/mol. The van der Waals surface area contributed by atoms with Crippen molar-refractivity contribution in [3.05, 3.63) is 0 Å². The zero-order chi connectivity index (χ0) is 13.2. The largest absolute Gasteiger partial charge is 0.480 e. The van der Waals surface area contributed by atoms with Gasteiger partial charge in [0, 0.05) is 19.6 Å². The molecule has 5 heteroatoms. The molecule has 5 nitrogen and oxygen atoms in total. The molecule has 1 rings (SSSR count). The van der Waals surface area contributed by atoms with Crippen LogP contribution in [-0.2, 0) is 4.79 Å². The van der Waals surface area contributed by atoms with Gasteiger partial charge in [0.1, 0.15) is 5.54 Å². The predicted octanol–water partition coefficient (Wildman–Crippen LogP) is 1.78. The summed E-state index contributed by atoms with van der Waals surface area (Å²) in [6.07, 6.45) is 2.95. The third-order valence-corrected chi connectivity index (χ3v) is 3.74. The number of carbonyl (C=O) groups excluding carboxylic acids is 1. The first-order valence-electron chi connectivity index (χ1n) is 6.10. The number of amides is 2. The minimum absolute atomic E-state index is 0.179. The molecule has 1 atom stereocenters. The van der Waals surface area contributed by atoms with E-state index in [0.717, 1.165) is 25.8 Å². The summed E-state index contributed by atoms with van der Waals surface area (Å²) >= 11 is 0. The van der Waals surface area contributed by atoms with Crippen molar-refractivity contribution in [2.45, 2.75) is 51.6 Å². The van der Waals surface area contributed by atoms with E-state index in [9.17, 15) is 9.59 Å². The van der Waals surface area contributed by atoms with Gasteiger partial charge in [-0.3, -0.25) is 0 Å². The van der Waals surface area contributed by atoms with Gasteiger partial charge in [0.2, 0.25) is 0 Å². The van der Waals surface area contributed by atoms with Crippen molar-refractivity contribution in [3.8, 4) is 0 Å². The molecule has 1 heterocycles. The van der Waals surface area contributed by atoms with Crippen molar-refractivity contribution in [1.29, 1.82) is 0 Å². The van der Waals surface area contributed by atoms with Gasteiger partial charge in [0.25, 0.3) is 0 Å². The quantitative estimate of drug-likeness (QED) is 0.820. The summed E-state index contributed by atoms with van der Waals surface area (Å²) < 4.78 is 0. The molecule has 0 aromatic rings. The fourth-order valence-electron chi connectivity index (χ4n) is 2.09. The molecule has 0 bridgehead atoms. The molecule has 17 heavy (non-hydrogen) atoms. The average molecular weight is 242 g/mol. The number of urea groups is 1. The maximum atomic E-state index is 12.3. The van der Waals surface area contributed by atoms with Crippen LogP contribution in [0.1, 0.15) is 40.0 Å². The van der Waals surface area contributed by atoms with Gasteiger partial charge >= 0.3 is 12.0 Å². The van der Waals surface area contributed by atoms with Crippen molar-refractivity contribution in [2.75, 3.05) is 13.6 Å². The van der Waals surface area contributed by atoms with Gasteiger partial charge in [0.15, 0.2) is 0 Å². The fraction of sp³-hybridized carbons (Fsp3) is 0.833. The van der Waals surface area contributed by atoms with Crippen LogP contribution < -0.4 is 0 Å². The van der Waals surface area contributed by atoms with Crippen LogP contribution in [0.15, 0.2) is 0 Å². The summed E-state index contributed by atoms with van der Waals surface area (Å²) in [7, 11) is 1.56. The first-order chi connectivity index (χ1) is 7.82.